The lowest BCUT2D eigenvalue weighted by Gasteiger charge is -2.21. The van der Waals surface area contributed by atoms with Crippen LogP contribution in [0.3, 0.4) is 0 Å². The van der Waals surface area contributed by atoms with Crippen molar-refractivity contribution in [3.63, 3.8) is 0 Å². The zero-order chi connectivity index (χ0) is 15.2. The highest BCUT2D eigenvalue weighted by atomic mass is 32.1. The van der Waals surface area contributed by atoms with Gasteiger partial charge in [-0.1, -0.05) is 11.8 Å². The number of amides is 2. The molecule has 1 aliphatic heterocycles. The topological polar surface area (TPSA) is 66.6 Å². The number of thiophene rings is 1. The van der Waals surface area contributed by atoms with E-state index in [1.807, 2.05) is 4.90 Å². The summed E-state index contributed by atoms with van der Waals surface area (Å²) >= 11 is 1.41. The molecular formula is C15H19N3O2S. The smallest absolute Gasteiger partial charge is 0.254 e. The van der Waals surface area contributed by atoms with E-state index in [1.54, 1.807) is 18.5 Å². The fourth-order valence-electron chi connectivity index (χ4n) is 2.21. The maximum absolute atomic E-state index is 12.3. The first kappa shape index (κ1) is 15.5. The highest BCUT2D eigenvalue weighted by Gasteiger charge is 2.22. The van der Waals surface area contributed by atoms with Crippen LogP contribution < -0.4 is 5.73 Å². The lowest BCUT2D eigenvalue weighted by atomic mass is 10.2. The third-order valence-electron chi connectivity index (χ3n) is 3.34. The molecule has 1 aliphatic rings. The molecule has 0 spiro atoms. The minimum absolute atomic E-state index is 0.0155. The molecule has 0 aromatic carbocycles. The highest BCUT2D eigenvalue weighted by Crippen LogP contribution is 2.15. The number of likely N-dealkylation sites (N-methyl/N-ethyl adjacent to an activating group) is 1. The SMILES string of the molecule is CN(CC(=O)N1CCCC1)C(=O)c1csc(C#CCN)c1. The first-order valence-electron chi connectivity index (χ1n) is 6.92. The zero-order valence-corrected chi connectivity index (χ0v) is 12.9. The number of hydrogen-bond donors (Lipinski definition) is 1. The van der Waals surface area contributed by atoms with Crippen LogP contribution in [0.2, 0.25) is 0 Å². The Morgan fingerprint density at radius 3 is 2.81 bits per heavy atom. The van der Waals surface area contributed by atoms with E-state index >= 15 is 0 Å². The number of carbonyl (C=O) groups is 2. The van der Waals surface area contributed by atoms with Gasteiger partial charge in [0.25, 0.3) is 5.91 Å². The second-order valence-corrected chi connectivity index (χ2v) is 5.87. The fraction of sp³-hybridized carbons (Fsp3) is 0.467. The van der Waals surface area contributed by atoms with Crippen molar-refractivity contribution in [3.8, 4) is 11.8 Å². The summed E-state index contributed by atoms with van der Waals surface area (Å²) < 4.78 is 0. The maximum atomic E-state index is 12.3. The summed E-state index contributed by atoms with van der Waals surface area (Å²) in [7, 11) is 1.65. The molecule has 1 aromatic rings. The Hall–Kier alpha value is -1.84. The van der Waals surface area contributed by atoms with Crippen LogP contribution in [0.4, 0.5) is 0 Å². The Bertz CT molecular complexity index is 579. The number of nitrogens with zero attached hydrogens (tertiary/aromatic N) is 2. The van der Waals surface area contributed by atoms with E-state index in [0.717, 1.165) is 30.8 Å². The summed E-state index contributed by atoms with van der Waals surface area (Å²) in [5, 5.41) is 1.76. The molecule has 6 heteroatoms. The third-order valence-corrected chi connectivity index (χ3v) is 4.18. The lowest BCUT2D eigenvalue weighted by molar-refractivity contribution is -0.130. The molecule has 2 amide bonds. The number of hydrogen-bond acceptors (Lipinski definition) is 4. The largest absolute Gasteiger partial charge is 0.341 e. The quantitative estimate of drug-likeness (QED) is 0.838. The number of rotatable bonds is 3. The number of likely N-dealkylation sites (tertiary alicyclic amines) is 1. The molecule has 0 aliphatic carbocycles. The summed E-state index contributed by atoms with van der Waals surface area (Å²) in [5.41, 5.74) is 5.89. The molecule has 5 nitrogen and oxygen atoms in total. The van der Waals surface area contributed by atoms with Gasteiger partial charge in [0.2, 0.25) is 5.91 Å². The van der Waals surface area contributed by atoms with Crippen LogP contribution in [-0.2, 0) is 4.79 Å². The molecule has 0 atom stereocenters. The molecule has 0 radical (unpaired) electrons. The van der Waals surface area contributed by atoms with Gasteiger partial charge in [0.05, 0.1) is 23.5 Å². The van der Waals surface area contributed by atoms with Crippen molar-refractivity contribution in [2.45, 2.75) is 12.8 Å². The van der Waals surface area contributed by atoms with Gasteiger partial charge >= 0.3 is 0 Å². The Kier molecular flexibility index (Phi) is 5.37. The van der Waals surface area contributed by atoms with Crippen molar-refractivity contribution in [1.29, 1.82) is 0 Å². The normalized spacial score (nSPS) is 13.7. The van der Waals surface area contributed by atoms with Crippen LogP contribution >= 0.6 is 11.3 Å². The van der Waals surface area contributed by atoms with Crippen LogP contribution in [0, 0.1) is 11.8 Å². The van der Waals surface area contributed by atoms with Crippen molar-refractivity contribution in [2.24, 2.45) is 5.73 Å². The lowest BCUT2D eigenvalue weighted by Crippen LogP contribution is -2.39. The number of carbonyl (C=O) groups excluding carboxylic acids is 2. The van der Waals surface area contributed by atoms with Crippen molar-refractivity contribution < 1.29 is 9.59 Å². The van der Waals surface area contributed by atoms with E-state index in [2.05, 4.69) is 11.8 Å². The second kappa shape index (κ2) is 7.25. The molecule has 0 unspecified atom stereocenters. The van der Waals surface area contributed by atoms with E-state index in [0.29, 0.717) is 12.1 Å². The third kappa shape index (κ3) is 4.06. The Morgan fingerprint density at radius 1 is 1.43 bits per heavy atom. The van der Waals surface area contributed by atoms with Crippen molar-refractivity contribution in [2.75, 3.05) is 33.2 Å². The zero-order valence-electron chi connectivity index (χ0n) is 12.1. The molecule has 2 heterocycles. The van der Waals surface area contributed by atoms with Gasteiger partial charge in [-0.15, -0.1) is 11.3 Å². The van der Waals surface area contributed by atoms with Crippen LogP contribution in [0.1, 0.15) is 28.1 Å². The summed E-state index contributed by atoms with van der Waals surface area (Å²) in [6.45, 7) is 2.03. The predicted octanol–water partition coefficient (Wildman–Crippen LogP) is 0.753. The molecule has 2 N–H and O–H groups in total. The van der Waals surface area contributed by atoms with E-state index in [1.165, 1.54) is 16.2 Å². The van der Waals surface area contributed by atoms with Gasteiger partial charge in [-0.3, -0.25) is 9.59 Å². The molecule has 1 fully saturated rings. The van der Waals surface area contributed by atoms with Gasteiger partial charge in [0, 0.05) is 25.5 Å². The predicted molar refractivity (Wildman–Crippen MR) is 83.0 cm³/mol. The van der Waals surface area contributed by atoms with Crippen LogP contribution in [0.5, 0.6) is 0 Å². The fourth-order valence-corrected chi connectivity index (χ4v) is 2.96. The van der Waals surface area contributed by atoms with Gasteiger partial charge in [0.1, 0.15) is 0 Å². The minimum Gasteiger partial charge on any atom is -0.341 e. The summed E-state index contributed by atoms with van der Waals surface area (Å²) in [6, 6.07) is 1.74. The molecule has 21 heavy (non-hydrogen) atoms. The van der Waals surface area contributed by atoms with Crippen LogP contribution in [-0.4, -0.2) is 54.8 Å². The van der Waals surface area contributed by atoms with E-state index in [9.17, 15) is 9.59 Å². The molecule has 0 saturated carbocycles. The molecule has 0 bridgehead atoms. The maximum Gasteiger partial charge on any atom is 0.254 e. The van der Waals surface area contributed by atoms with Gasteiger partial charge in [-0.2, -0.15) is 0 Å². The molecule has 112 valence electrons. The standard InChI is InChI=1S/C15H19N3O2S/c1-17(10-14(19)18-7-2-3-8-18)15(20)12-9-13(21-11-12)5-4-6-16/h9,11H,2-3,6-8,10,16H2,1H3. The average Bonchev–Trinajstić information content (AvgIpc) is 3.15. The summed E-state index contributed by atoms with van der Waals surface area (Å²) in [6.07, 6.45) is 2.11. The Labute approximate surface area is 128 Å². The van der Waals surface area contributed by atoms with Gasteiger partial charge in [-0.05, 0) is 18.9 Å². The highest BCUT2D eigenvalue weighted by molar-refractivity contribution is 7.10. The summed E-state index contributed by atoms with van der Waals surface area (Å²) in [4.78, 5) is 28.4. The van der Waals surface area contributed by atoms with E-state index in [-0.39, 0.29) is 18.4 Å². The Balaban J connectivity index is 1.95. The van der Waals surface area contributed by atoms with E-state index < -0.39 is 0 Å². The molecular weight excluding hydrogens is 286 g/mol. The second-order valence-electron chi connectivity index (χ2n) is 4.95. The first-order valence-corrected chi connectivity index (χ1v) is 7.80. The van der Waals surface area contributed by atoms with E-state index in [4.69, 9.17) is 5.73 Å². The Morgan fingerprint density at radius 2 is 2.14 bits per heavy atom. The van der Waals surface area contributed by atoms with Crippen molar-refractivity contribution >= 4 is 23.2 Å². The van der Waals surface area contributed by atoms with Crippen LogP contribution in [0.15, 0.2) is 11.4 Å². The average molecular weight is 305 g/mol. The van der Waals surface area contributed by atoms with Gasteiger partial charge in [-0.25, -0.2) is 0 Å². The van der Waals surface area contributed by atoms with Gasteiger partial charge < -0.3 is 15.5 Å². The summed E-state index contributed by atoms with van der Waals surface area (Å²) in [5.74, 6) is 5.52. The first-order chi connectivity index (χ1) is 10.1. The minimum atomic E-state index is -0.153. The number of nitrogens with two attached hydrogens (primary N) is 1. The molecule has 1 aromatic heterocycles. The monoisotopic (exact) mass is 305 g/mol. The molecule has 2 rings (SSSR count). The van der Waals surface area contributed by atoms with Crippen molar-refractivity contribution in [1.82, 2.24) is 9.80 Å². The van der Waals surface area contributed by atoms with Gasteiger partial charge in [0.15, 0.2) is 0 Å². The van der Waals surface area contributed by atoms with Crippen LogP contribution in [0.25, 0.3) is 0 Å². The van der Waals surface area contributed by atoms with Crippen molar-refractivity contribution in [3.05, 3.63) is 21.9 Å². The molecule has 1 saturated heterocycles.